The van der Waals surface area contributed by atoms with E-state index in [1.165, 1.54) is 25.9 Å². The molecule has 2 aliphatic rings. The number of likely N-dealkylation sites (tertiary alicyclic amines) is 1. The minimum atomic E-state index is 0.697. The second-order valence-corrected chi connectivity index (χ2v) is 5.79. The summed E-state index contributed by atoms with van der Waals surface area (Å²) >= 11 is 0. The molecule has 4 unspecified atom stereocenters. The first kappa shape index (κ1) is 13.3. The number of hydrogen-bond donors (Lipinski definition) is 1. The van der Waals surface area contributed by atoms with Gasteiger partial charge in [0.2, 0.25) is 0 Å². The third-order valence-electron chi connectivity index (χ3n) is 4.63. The standard InChI is InChI=1S/C14H28N2O/c1-4-15-14-5-7-16(9-11(14)2)12(3)13-6-8-17-10-13/h11-15H,4-10H2,1-3H3. The van der Waals surface area contributed by atoms with Crippen LogP contribution in [0.2, 0.25) is 0 Å². The predicted molar refractivity (Wildman–Crippen MR) is 71.2 cm³/mol. The van der Waals surface area contributed by atoms with Crippen molar-refractivity contribution in [1.29, 1.82) is 0 Å². The molecule has 17 heavy (non-hydrogen) atoms. The molecule has 0 aliphatic carbocycles. The van der Waals surface area contributed by atoms with Crippen molar-refractivity contribution in [3.63, 3.8) is 0 Å². The van der Waals surface area contributed by atoms with Gasteiger partial charge in [-0.1, -0.05) is 13.8 Å². The summed E-state index contributed by atoms with van der Waals surface area (Å²) < 4.78 is 5.52. The molecular formula is C14H28N2O. The number of piperidine rings is 1. The minimum absolute atomic E-state index is 0.697. The maximum absolute atomic E-state index is 5.52. The van der Waals surface area contributed by atoms with E-state index in [0.717, 1.165) is 37.6 Å². The molecule has 0 bridgehead atoms. The van der Waals surface area contributed by atoms with Gasteiger partial charge in [-0.05, 0) is 44.7 Å². The highest BCUT2D eigenvalue weighted by Crippen LogP contribution is 2.25. The van der Waals surface area contributed by atoms with Crippen molar-refractivity contribution in [2.24, 2.45) is 11.8 Å². The Hall–Kier alpha value is -0.120. The molecule has 2 heterocycles. The largest absolute Gasteiger partial charge is 0.381 e. The second kappa shape index (κ2) is 6.17. The molecule has 3 nitrogen and oxygen atoms in total. The molecule has 2 rings (SSSR count). The topological polar surface area (TPSA) is 24.5 Å². The smallest absolute Gasteiger partial charge is 0.0509 e. The van der Waals surface area contributed by atoms with Crippen molar-refractivity contribution in [1.82, 2.24) is 10.2 Å². The van der Waals surface area contributed by atoms with Gasteiger partial charge in [-0.25, -0.2) is 0 Å². The molecule has 0 aromatic heterocycles. The number of hydrogen-bond acceptors (Lipinski definition) is 3. The molecule has 0 saturated carbocycles. The van der Waals surface area contributed by atoms with Crippen LogP contribution in [-0.2, 0) is 4.74 Å². The maximum atomic E-state index is 5.52. The molecule has 0 amide bonds. The van der Waals surface area contributed by atoms with E-state index in [9.17, 15) is 0 Å². The average molecular weight is 240 g/mol. The van der Waals surface area contributed by atoms with Crippen molar-refractivity contribution in [3.8, 4) is 0 Å². The third-order valence-corrected chi connectivity index (χ3v) is 4.63. The van der Waals surface area contributed by atoms with Crippen LogP contribution in [0.4, 0.5) is 0 Å². The van der Waals surface area contributed by atoms with Gasteiger partial charge >= 0.3 is 0 Å². The van der Waals surface area contributed by atoms with Crippen LogP contribution in [0.15, 0.2) is 0 Å². The van der Waals surface area contributed by atoms with Crippen molar-refractivity contribution >= 4 is 0 Å². The van der Waals surface area contributed by atoms with Crippen LogP contribution in [0.5, 0.6) is 0 Å². The van der Waals surface area contributed by atoms with Crippen LogP contribution in [-0.4, -0.2) is 49.8 Å². The molecule has 0 aromatic rings. The second-order valence-electron chi connectivity index (χ2n) is 5.79. The van der Waals surface area contributed by atoms with Crippen LogP contribution in [0.25, 0.3) is 0 Å². The zero-order valence-electron chi connectivity index (χ0n) is 11.6. The van der Waals surface area contributed by atoms with Crippen LogP contribution in [0, 0.1) is 11.8 Å². The van der Waals surface area contributed by atoms with Gasteiger partial charge in [0.25, 0.3) is 0 Å². The van der Waals surface area contributed by atoms with Gasteiger partial charge in [-0.15, -0.1) is 0 Å². The summed E-state index contributed by atoms with van der Waals surface area (Å²) in [6.07, 6.45) is 2.55. The Balaban J connectivity index is 1.83. The van der Waals surface area contributed by atoms with E-state index >= 15 is 0 Å². The summed E-state index contributed by atoms with van der Waals surface area (Å²) in [6, 6.07) is 1.42. The Kier molecular flexibility index (Phi) is 4.83. The zero-order chi connectivity index (χ0) is 12.3. The summed E-state index contributed by atoms with van der Waals surface area (Å²) in [4.78, 5) is 2.68. The minimum Gasteiger partial charge on any atom is -0.381 e. The van der Waals surface area contributed by atoms with E-state index in [4.69, 9.17) is 4.74 Å². The summed E-state index contributed by atoms with van der Waals surface area (Å²) in [7, 11) is 0. The van der Waals surface area contributed by atoms with Gasteiger partial charge < -0.3 is 10.1 Å². The van der Waals surface area contributed by atoms with E-state index in [1.54, 1.807) is 0 Å². The molecule has 1 N–H and O–H groups in total. The number of rotatable bonds is 4. The predicted octanol–water partition coefficient (Wildman–Crippen LogP) is 1.73. The Morgan fingerprint density at radius 1 is 1.41 bits per heavy atom. The lowest BCUT2D eigenvalue weighted by atomic mass is 9.90. The Morgan fingerprint density at radius 2 is 2.24 bits per heavy atom. The monoisotopic (exact) mass is 240 g/mol. The van der Waals surface area contributed by atoms with E-state index < -0.39 is 0 Å². The Morgan fingerprint density at radius 3 is 2.82 bits per heavy atom. The van der Waals surface area contributed by atoms with Gasteiger partial charge in [0, 0.05) is 25.2 Å². The number of nitrogens with zero attached hydrogens (tertiary/aromatic N) is 1. The van der Waals surface area contributed by atoms with Crippen LogP contribution < -0.4 is 5.32 Å². The fourth-order valence-corrected chi connectivity index (χ4v) is 3.34. The van der Waals surface area contributed by atoms with Gasteiger partial charge in [0.15, 0.2) is 0 Å². The first-order valence-corrected chi connectivity index (χ1v) is 7.27. The number of nitrogens with one attached hydrogen (secondary N) is 1. The SMILES string of the molecule is CCNC1CCN(C(C)C2CCOC2)CC1C. The lowest BCUT2D eigenvalue weighted by Crippen LogP contribution is -2.52. The lowest BCUT2D eigenvalue weighted by molar-refractivity contribution is 0.0752. The first-order chi connectivity index (χ1) is 8.22. The van der Waals surface area contributed by atoms with Crippen molar-refractivity contribution in [2.75, 3.05) is 32.8 Å². The quantitative estimate of drug-likeness (QED) is 0.810. The highest BCUT2D eigenvalue weighted by atomic mass is 16.5. The van der Waals surface area contributed by atoms with Crippen molar-refractivity contribution < 1.29 is 4.74 Å². The lowest BCUT2D eigenvalue weighted by Gasteiger charge is -2.42. The molecule has 100 valence electrons. The van der Waals surface area contributed by atoms with Crippen molar-refractivity contribution in [3.05, 3.63) is 0 Å². The summed E-state index contributed by atoms with van der Waals surface area (Å²) in [5, 5.41) is 3.61. The van der Waals surface area contributed by atoms with Crippen molar-refractivity contribution in [2.45, 2.75) is 45.7 Å². The Labute approximate surface area is 106 Å². The molecule has 2 fully saturated rings. The van der Waals surface area contributed by atoms with Gasteiger partial charge in [-0.2, -0.15) is 0 Å². The highest BCUT2D eigenvalue weighted by molar-refractivity contribution is 4.87. The first-order valence-electron chi connectivity index (χ1n) is 7.27. The molecule has 2 saturated heterocycles. The molecular weight excluding hydrogens is 212 g/mol. The summed E-state index contributed by atoms with van der Waals surface area (Å²) in [6.45, 7) is 12.5. The maximum Gasteiger partial charge on any atom is 0.0509 e. The van der Waals surface area contributed by atoms with E-state index in [0.29, 0.717) is 6.04 Å². The average Bonchev–Trinajstić information content (AvgIpc) is 2.84. The summed E-state index contributed by atoms with van der Waals surface area (Å²) in [5.74, 6) is 1.53. The van der Waals surface area contributed by atoms with Crippen LogP contribution in [0.1, 0.15) is 33.6 Å². The van der Waals surface area contributed by atoms with E-state index in [1.807, 2.05) is 0 Å². The number of ether oxygens (including phenoxy) is 1. The molecule has 0 radical (unpaired) electrons. The summed E-state index contributed by atoms with van der Waals surface area (Å²) in [5.41, 5.74) is 0. The van der Waals surface area contributed by atoms with Crippen LogP contribution in [0.3, 0.4) is 0 Å². The van der Waals surface area contributed by atoms with Gasteiger partial charge in [-0.3, -0.25) is 4.90 Å². The molecule has 3 heteroatoms. The fourth-order valence-electron chi connectivity index (χ4n) is 3.34. The van der Waals surface area contributed by atoms with E-state index in [2.05, 4.69) is 31.0 Å². The zero-order valence-corrected chi connectivity index (χ0v) is 11.6. The molecule has 4 atom stereocenters. The fraction of sp³-hybridized carbons (Fsp3) is 1.00. The Bertz CT molecular complexity index is 228. The van der Waals surface area contributed by atoms with E-state index in [-0.39, 0.29) is 0 Å². The molecule has 2 aliphatic heterocycles. The van der Waals surface area contributed by atoms with Crippen LogP contribution >= 0.6 is 0 Å². The van der Waals surface area contributed by atoms with Gasteiger partial charge in [0.05, 0.1) is 6.61 Å². The normalized spacial score (nSPS) is 37.2. The van der Waals surface area contributed by atoms with Gasteiger partial charge in [0.1, 0.15) is 0 Å². The molecule has 0 aromatic carbocycles. The highest BCUT2D eigenvalue weighted by Gasteiger charge is 2.32. The molecule has 0 spiro atoms. The third kappa shape index (κ3) is 3.21.